The van der Waals surface area contributed by atoms with E-state index in [1.54, 1.807) is 0 Å². The van der Waals surface area contributed by atoms with Gasteiger partial charge in [0.15, 0.2) is 5.69 Å². The van der Waals surface area contributed by atoms with E-state index >= 15 is 0 Å². The average Bonchev–Trinajstić information content (AvgIpc) is 3.08. The summed E-state index contributed by atoms with van der Waals surface area (Å²) in [6.45, 7) is 0.743. The van der Waals surface area contributed by atoms with E-state index in [-0.39, 0.29) is 34.7 Å². The zero-order valence-electron chi connectivity index (χ0n) is 16.7. The fourth-order valence-corrected chi connectivity index (χ4v) is 3.71. The number of esters is 1. The van der Waals surface area contributed by atoms with E-state index in [9.17, 15) is 30.8 Å². The van der Waals surface area contributed by atoms with Crippen LogP contribution in [-0.4, -0.2) is 30.8 Å². The van der Waals surface area contributed by atoms with Crippen LogP contribution in [0.3, 0.4) is 0 Å². The number of thiol groups is 1. The zero-order chi connectivity index (χ0) is 23.5. The highest BCUT2D eigenvalue weighted by Crippen LogP contribution is 2.42. The minimum absolute atomic E-state index is 0.0113. The fraction of sp³-hybridized carbons (Fsp3) is 0.238. The van der Waals surface area contributed by atoms with Gasteiger partial charge in [0, 0.05) is 11.1 Å². The molecule has 1 aromatic heterocycles. The summed E-state index contributed by atoms with van der Waals surface area (Å²) in [6, 6.07) is 10.2. The van der Waals surface area contributed by atoms with Crippen molar-refractivity contribution in [1.29, 1.82) is 0 Å². The van der Waals surface area contributed by atoms with Crippen molar-refractivity contribution in [2.75, 3.05) is 6.61 Å². The first kappa shape index (κ1) is 23.5. The van der Waals surface area contributed by atoms with Crippen LogP contribution in [0.1, 0.15) is 18.2 Å². The third-order valence-electron chi connectivity index (χ3n) is 4.48. The molecule has 2 aromatic carbocycles. The van der Waals surface area contributed by atoms with Gasteiger partial charge in [0.05, 0.1) is 12.4 Å². The average molecular weight is 470 g/mol. The number of rotatable bonds is 7. The number of alkyl halides is 3. The first-order valence-corrected chi connectivity index (χ1v) is 10.8. The summed E-state index contributed by atoms with van der Waals surface area (Å²) in [6.07, 6.45) is -4.89. The Hall–Kier alpha value is -3.21. The highest BCUT2D eigenvalue weighted by Gasteiger charge is 2.41. The van der Waals surface area contributed by atoms with Crippen LogP contribution in [0, 0.1) is 5.82 Å². The largest absolute Gasteiger partial charge is 0.465 e. The van der Waals surface area contributed by atoms with Crippen molar-refractivity contribution in [1.82, 2.24) is 9.78 Å². The van der Waals surface area contributed by atoms with Gasteiger partial charge < -0.3 is 4.74 Å². The van der Waals surface area contributed by atoms with Crippen LogP contribution in [-0.2, 0) is 38.7 Å². The number of aromatic nitrogens is 2. The van der Waals surface area contributed by atoms with Gasteiger partial charge >= 0.3 is 12.1 Å². The molecule has 0 aliphatic heterocycles. The number of halogens is 4. The maximum Gasteiger partial charge on any atom is 0.433 e. The monoisotopic (exact) mass is 470 g/mol. The summed E-state index contributed by atoms with van der Waals surface area (Å²) in [5.74, 6) is -1.74. The molecular formula is C21H18F4N2O4S. The Kier molecular flexibility index (Phi) is 6.97. The van der Waals surface area contributed by atoms with Gasteiger partial charge in [-0.05, 0) is 30.2 Å². The van der Waals surface area contributed by atoms with E-state index in [0.29, 0.717) is 10.2 Å². The summed E-state index contributed by atoms with van der Waals surface area (Å²) >= 11 is 0. The fourth-order valence-electron chi connectivity index (χ4n) is 3.20. The molecular weight excluding hydrogens is 452 g/mol. The van der Waals surface area contributed by atoms with Crippen molar-refractivity contribution in [2.24, 2.45) is 0 Å². The molecule has 0 amide bonds. The standard InChI is InChI=1S/C21H18F4N2O4S/c1-2-31-17(28)11-27-20(21(23,24)25)18(14-7-9-16(22)10-8-14)19(26-27)15-5-3-13(4-6-15)12-32(29)30/h3-10,32H,2,11-12H2,1H3. The lowest BCUT2D eigenvalue weighted by atomic mass is 9.98. The Morgan fingerprint density at radius 2 is 1.62 bits per heavy atom. The molecule has 0 unspecified atom stereocenters. The highest BCUT2D eigenvalue weighted by molar-refractivity contribution is 7.71. The summed E-state index contributed by atoms with van der Waals surface area (Å²) in [5.41, 5.74) is -0.831. The van der Waals surface area contributed by atoms with Crippen molar-refractivity contribution >= 4 is 16.7 Å². The lowest BCUT2D eigenvalue weighted by Crippen LogP contribution is -2.21. The van der Waals surface area contributed by atoms with Gasteiger partial charge in [-0.2, -0.15) is 18.3 Å². The highest BCUT2D eigenvalue weighted by atomic mass is 32.2. The van der Waals surface area contributed by atoms with Gasteiger partial charge in [0.25, 0.3) is 0 Å². The van der Waals surface area contributed by atoms with Crippen molar-refractivity contribution in [3.05, 3.63) is 65.6 Å². The van der Waals surface area contributed by atoms with Crippen molar-refractivity contribution < 1.29 is 35.5 Å². The van der Waals surface area contributed by atoms with Gasteiger partial charge in [-0.15, -0.1) is 0 Å². The molecule has 0 fully saturated rings. The molecule has 1 heterocycles. The minimum Gasteiger partial charge on any atom is -0.465 e. The Morgan fingerprint density at radius 3 is 2.16 bits per heavy atom. The molecule has 6 nitrogen and oxygen atoms in total. The molecule has 11 heteroatoms. The van der Waals surface area contributed by atoms with Crippen LogP contribution in [0.4, 0.5) is 17.6 Å². The van der Waals surface area contributed by atoms with E-state index in [1.807, 2.05) is 0 Å². The number of hydrogen-bond donors (Lipinski definition) is 1. The van der Waals surface area contributed by atoms with E-state index in [1.165, 1.54) is 43.3 Å². The molecule has 0 aliphatic carbocycles. The molecule has 3 aromatic rings. The first-order valence-electron chi connectivity index (χ1n) is 9.40. The van der Waals surface area contributed by atoms with Crippen LogP contribution in [0.25, 0.3) is 22.4 Å². The summed E-state index contributed by atoms with van der Waals surface area (Å²) in [7, 11) is -2.67. The first-order chi connectivity index (χ1) is 15.1. The smallest absolute Gasteiger partial charge is 0.433 e. The molecule has 32 heavy (non-hydrogen) atoms. The van der Waals surface area contributed by atoms with Crippen molar-refractivity contribution in [3.8, 4) is 22.4 Å². The Morgan fingerprint density at radius 1 is 1.03 bits per heavy atom. The summed E-state index contributed by atoms with van der Waals surface area (Å²) < 4.78 is 82.8. The van der Waals surface area contributed by atoms with Crippen LogP contribution in [0.2, 0.25) is 0 Å². The number of hydrogen-bond acceptors (Lipinski definition) is 5. The van der Waals surface area contributed by atoms with E-state index in [2.05, 4.69) is 5.10 Å². The minimum atomic E-state index is -4.89. The molecule has 0 bridgehead atoms. The van der Waals surface area contributed by atoms with Crippen molar-refractivity contribution in [3.63, 3.8) is 0 Å². The number of benzene rings is 2. The zero-order valence-corrected chi connectivity index (χ0v) is 17.6. The van der Waals surface area contributed by atoms with Crippen LogP contribution in [0.15, 0.2) is 48.5 Å². The van der Waals surface area contributed by atoms with Crippen LogP contribution < -0.4 is 0 Å². The van der Waals surface area contributed by atoms with Crippen molar-refractivity contribution in [2.45, 2.75) is 25.4 Å². The molecule has 0 aliphatic rings. The summed E-state index contributed by atoms with van der Waals surface area (Å²) in [4.78, 5) is 11.9. The Bertz CT molecular complexity index is 1180. The number of nitrogens with zero attached hydrogens (tertiary/aromatic N) is 2. The SMILES string of the molecule is CCOC(=O)Cn1nc(-c2ccc(C[SH](=O)=O)cc2)c(-c2ccc(F)cc2)c1C(F)(F)F. The van der Waals surface area contributed by atoms with Gasteiger partial charge in [0.2, 0.25) is 0 Å². The number of carbonyl (C=O) groups is 1. The Balaban J connectivity index is 2.23. The second-order valence-corrected chi connectivity index (χ2v) is 7.71. The number of ether oxygens (including phenoxy) is 1. The van der Waals surface area contributed by atoms with Crippen LogP contribution in [0.5, 0.6) is 0 Å². The number of carbonyl (C=O) groups excluding carboxylic acids is 1. The molecule has 170 valence electrons. The molecule has 0 N–H and O–H groups in total. The third-order valence-corrected chi connectivity index (χ3v) is 5.10. The van der Waals surface area contributed by atoms with Gasteiger partial charge in [-0.25, -0.2) is 17.5 Å². The normalized spacial score (nSPS) is 11.7. The third kappa shape index (κ3) is 5.34. The lowest BCUT2D eigenvalue weighted by Gasteiger charge is -2.13. The summed E-state index contributed by atoms with van der Waals surface area (Å²) in [5, 5.41) is 4.04. The molecule has 0 radical (unpaired) electrons. The second kappa shape index (κ2) is 9.51. The maximum absolute atomic E-state index is 14.1. The maximum atomic E-state index is 14.1. The second-order valence-electron chi connectivity index (χ2n) is 6.73. The van der Waals surface area contributed by atoms with Crippen LogP contribution >= 0.6 is 0 Å². The van der Waals surface area contributed by atoms with E-state index < -0.39 is 40.9 Å². The van der Waals surface area contributed by atoms with E-state index in [0.717, 1.165) is 12.1 Å². The molecule has 0 saturated heterocycles. The molecule has 0 saturated carbocycles. The van der Waals surface area contributed by atoms with Gasteiger partial charge in [-0.1, -0.05) is 36.4 Å². The lowest BCUT2D eigenvalue weighted by molar-refractivity contribution is -0.149. The van der Waals surface area contributed by atoms with Gasteiger partial charge in [-0.3, -0.25) is 4.79 Å². The predicted molar refractivity (Wildman–Crippen MR) is 109 cm³/mol. The molecule has 0 spiro atoms. The predicted octanol–water partition coefficient (Wildman–Crippen LogP) is 4.05. The molecule has 0 atom stereocenters. The van der Waals surface area contributed by atoms with E-state index in [4.69, 9.17) is 4.74 Å². The topological polar surface area (TPSA) is 78.3 Å². The Labute approximate surface area is 182 Å². The van der Waals surface area contributed by atoms with Gasteiger partial charge in [0.1, 0.15) is 28.8 Å². The molecule has 3 rings (SSSR count). The quantitative estimate of drug-likeness (QED) is 0.320.